The average molecular weight is 256 g/mol. The Kier molecular flexibility index (Phi) is 3.21. The number of hydrogen-bond acceptors (Lipinski definition) is 3. The number of nitrogens with zero attached hydrogens (tertiary/aromatic N) is 2. The predicted octanol–water partition coefficient (Wildman–Crippen LogP) is 1.35. The average Bonchev–Trinajstić information content (AvgIpc) is 2.35. The lowest BCUT2D eigenvalue weighted by Crippen LogP contribution is -2.29. The van der Waals surface area contributed by atoms with Crippen molar-refractivity contribution < 1.29 is 0 Å². The van der Waals surface area contributed by atoms with Crippen LogP contribution in [-0.4, -0.2) is 15.6 Å². The van der Waals surface area contributed by atoms with E-state index >= 15 is 0 Å². The van der Waals surface area contributed by atoms with E-state index in [0.717, 1.165) is 11.1 Å². The fourth-order valence-electron chi connectivity index (χ4n) is 1.84. The third-order valence-electron chi connectivity index (χ3n) is 3.16. The van der Waals surface area contributed by atoms with E-state index in [0.29, 0.717) is 5.69 Å². The summed E-state index contributed by atoms with van der Waals surface area (Å²) in [5, 5.41) is 11.7. The summed E-state index contributed by atoms with van der Waals surface area (Å²) in [6.07, 6.45) is 0. The maximum absolute atomic E-state index is 11.8. The highest BCUT2D eigenvalue weighted by Crippen LogP contribution is 2.19. The number of hydrogen-bond donors (Lipinski definition) is 2. The van der Waals surface area contributed by atoms with Crippen LogP contribution in [0.15, 0.2) is 29.1 Å². The van der Waals surface area contributed by atoms with E-state index in [1.54, 1.807) is 13.1 Å². The molecule has 0 aliphatic carbocycles. The first-order chi connectivity index (χ1) is 8.90. The first-order valence-corrected chi connectivity index (χ1v) is 5.90. The second kappa shape index (κ2) is 4.68. The lowest BCUT2D eigenvalue weighted by atomic mass is 10.0. The first kappa shape index (κ1) is 13.0. The maximum Gasteiger partial charge on any atom is 0.277 e. The first-order valence-electron chi connectivity index (χ1n) is 5.90. The molecule has 0 unspecified atom stereocenters. The van der Waals surface area contributed by atoms with Gasteiger partial charge < -0.3 is 5.73 Å². The SMILES string of the molecule is Cc1ccc(-c2cc(C(=N)N)c(=O)n(C)n2)cc1C. The Morgan fingerprint density at radius 2 is 1.95 bits per heavy atom. The largest absolute Gasteiger partial charge is 0.384 e. The van der Waals surface area contributed by atoms with E-state index in [4.69, 9.17) is 11.1 Å². The Labute approximate surface area is 111 Å². The van der Waals surface area contributed by atoms with Crippen LogP contribution in [0.2, 0.25) is 0 Å². The van der Waals surface area contributed by atoms with E-state index in [1.807, 2.05) is 32.0 Å². The fourth-order valence-corrected chi connectivity index (χ4v) is 1.84. The third kappa shape index (κ3) is 2.40. The minimum absolute atomic E-state index is 0.172. The van der Waals surface area contributed by atoms with Gasteiger partial charge in [-0.25, -0.2) is 4.68 Å². The fraction of sp³-hybridized carbons (Fsp3) is 0.214. The van der Waals surface area contributed by atoms with Crippen molar-refractivity contribution in [1.82, 2.24) is 9.78 Å². The molecule has 0 aliphatic rings. The van der Waals surface area contributed by atoms with Crippen LogP contribution in [0.3, 0.4) is 0 Å². The molecule has 0 fully saturated rings. The van der Waals surface area contributed by atoms with Gasteiger partial charge in [0.05, 0.1) is 11.3 Å². The number of amidine groups is 1. The highest BCUT2D eigenvalue weighted by molar-refractivity contribution is 5.95. The number of nitrogens with one attached hydrogen (secondary N) is 1. The molecule has 0 saturated heterocycles. The molecule has 2 aromatic rings. The summed E-state index contributed by atoms with van der Waals surface area (Å²) in [5.74, 6) is -0.243. The van der Waals surface area contributed by atoms with Crippen LogP contribution >= 0.6 is 0 Å². The van der Waals surface area contributed by atoms with Crippen molar-refractivity contribution in [2.45, 2.75) is 13.8 Å². The Hall–Kier alpha value is -2.43. The van der Waals surface area contributed by atoms with Crippen molar-refractivity contribution in [1.29, 1.82) is 5.41 Å². The highest BCUT2D eigenvalue weighted by Gasteiger charge is 2.10. The van der Waals surface area contributed by atoms with Crippen LogP contribution in [0.5, 0.6) is 0 Å². The number of nitrogens with two attached hydrogens (primary N) is 1. The van der Waals surface area contributed by atoms with E-state index in [2.05, 4.69) is 5.10 Å². The molecule has 3 N–H and O–H groups in total. The minimum Gasteiger partial charge on any atom is -0.384 e. The lowest BCUT2D eigenvalue weighted by Gasteiger charge is -2.08. The molecule has 1 aromatic carbocycles. The van der Waals surface area contributed by atoms with Crippen LogP contribution in [0, 0.1) is 19.3 Å². The summed E-state index contributed by atoms with van der Waals surface area (Å²) in [4.78, 5) is 11.8. The summed E-state index contributed by atoms with van der Waals surface area (Å²) < 4.78 is 1.21. The molecular formula is C14H16N4O. The summed E-state index contributed by atoms with van der Waals surface area (Å²) in [6.45, 7) is 4.06. The Morgan fingerprint density at radius 3 is 2.53 bits per heavy atom. The molecule has 5 nitrogen and oxygen atoms in total. The van der Waals surface area contributed by atoms with Gasteiger partial charge in [0.25, 0.3) is 5.56 Å². The molecule has 1 aromatic heterocycles. The molecule has 0 atom stereocenters. The summed E-state index contributed by atoms with van der Waals surface area (Å²) in [5.41, 5.74) is 9.12. The number of aryl methyl sites for hydroxylation is 3. The Bertz CT molecular complexity index is 716. The van der Waals surface area contributed by atoms with Crippen LogP contribution in [0.1, 0.15) is 16.7 Å². The Morgan fingerprint density at radius 1 is 1.26 bits per heavy atom. The number of aromatic nitrogens is 2. The van der Waals surface area contributed by atoms with E-state index in [1.165, 1.54) is 10.2 Å². The van der Waals surface area contributed by atoms with Crippen LogP contribution in [-0.2, 0) is 7.05 Å². The van der Waals surface area contributed by atoms with Crippen molar-refractivity contribution in [2.24, 2.45) is 12.8 Å². The molecule has 5 heteroatoms. The zero-order valence-electron chi connectivity index (χ0n) is 11.2. The molecule has 0 amide bonds. The molecule has 1 heterocycles. The van der Waals surface area contributed by atoms with Gasteiger partial charge in [-0.2, -0.15) is 5.10 Å². The van der Waals surface area contributed by atoms with Gasteiger partial charge in [0, 0.05) is 12.6 Å². The third-order valence-corrected chi connectivity index (χ3v) is 3.16. The topological polar surface area (TPSA) is 84.8 Å². The van der Waals surface area contributed by atoms with E-state index < -0.39 is 0 Å². The van der Waals surface area contributed by atoms with E-state index in [-0.39, 0.29) is 17.0 Å². The molecule has 0 radical (unpaired) electrons. The second-order valence-corrected chi connectivity index (χ2v) is 4.58. The van der Waals surface area contributed by atoms with Gasteiger partial charge in [-0.3, -0.25) is 10.2 Å². The number of benzene rings is 1. The number of nitrogen functional groups attached to an aromatic ring is 1. The molecule has 98 valence electrons. The number of rotatable bonds is 2. The smallest absolute Gasteiger partial charge is 0.277 e. The molecule has 2 rings (SSSR count). The zero-order chi connectivity index (χ0) is 14.2. The normalized spacial score (nSPS) is 10.5. The van der Waals surface area contributed by atoms with E-state index in [9.17, 15) is 4.79 Å². The molecular weight excluding hydrogens is 240 g/mol. The lowest BCUT2D eigenvalue weighted by molar-refractivity contribution is 0.709. The maximum atomic E-state index is 11.8. The summed E-state index contributed by atoms with van der Waals surface area (Å²) in [7, 11) is 1.55. The standard InChI is InChI=1S/C14H16N4O/c1-8-4-5-10(6-9(8)2)12-7-11(13(15)16)14(19)18(3)17-12/h4-7H,1-3H3,(H3,15,16). The van der Waals surface area contributed by atoms with Crippen molar-refractivity contribution in [3.05, 3.63) is 51.3 Å². The van der Waals surface area contributed by atoms with Crippen LogP contribution < -0.4 is 11.3 Å². The van der Waals surface area contributed by atoms with Crippen molar-refractivity contribution >= 4 is 5.84 Å². The predicted molar refractivity (Wildman–Crippen MR) is 75.4 cm³/mol. The van der Waals surface area contributed by atoms with Gasteiger partial charge in [-0.15, -0.1) is 0 Å². The summed E-state index contributed by atoms with van der Waals surface area (Å²) >= 11 is 0. The molecule has 0 saturated carbocycles. The molecule has 19 heavy (non-hydrogen) atoms. The minimum atomic E-state index is -0.361. The highest BCUT2D eigenvalue weighted by atomic mass is 16.1. The van der Waals surface area contributed by atoms with Crippen molar-refractivity contribution in [2.75, 3.05) is 0 Å². The molecule has 0 spiro atoms. The van der Waals surface area contributed by atoms with Crippen molar-refractivity contribution in [3.8, 4) is 11.3 Å². The van der Waals surface area contributed by atoms with Gasteiger partial charge in [0.15, 0.2) is 0 Å². The zero-order valence-corrected chi connectivity index (χ0v) is 11.2. The summed E-state index contributed by atoms with van der Waals surface area (Å²) in [6, 6.07) is 7.52. The van der Waals surface area contributed by atoms with Gasteiger partial charge in [0.1, 0.15) is 5.84 Å². The molecule has 0 aliphatic heterocycles. The van der Waals surface area contributed by atoms with Crippen LogP contribution in [0.4, 0.5) is 0 Å². The quantitative estimate of drug-likeness (QED) is 0.628. The molecule has 0 bridgehead atoms. The van der Waals surface area contributed by atoms with Gasteiger partial charge in [-0.05, 0) is 37.1 Å². The second-order valence-electron chi connectivity index (χ2n) is 4.58. The van der Waals surface area contributed by atoms with Gasteiger partial charge >= 0.3 is 0 Å². The van der Waals surface area contributed by atoms with Crippen molar-refractivity contribution in [3.63, 3.8) is 0 Å². The van der Waals surface area contributed by atoms with Crippen LogP contribution in [0.25, 0.3) is 11.3 Å². The Balaban J connectivity index is 2.66. The monoisotopic (exact) mass is 256 g/mol. The van der Waals surface area contributed by atoms with Gasteiger partial charge in [0.2, 0.25) is 0 Å². The van der Waals surface area contributed by atoms with Gasteiger partial charge in [-0.1, -0.05) is 12.1 Å².